The quantitative estimate of drug-likeness (QED) is 0.286. The number of hydrogen-bond acceptors (Lipinski definition) is 5. The molecular weight excluding hydrogens is 484 g/mol. The summed E-state index contributed by atoms with van der Waals surface area (Å²) in [4.78, 5) is 31.3. The Kier molecular flexibility index (Phi) is 6.17. The zero-order valence-corrected chi connectivity index (χ0v) is 19.3. The van der Waals surface area contributed by atoms with Gasteiger partial charge in [-0.05, 0) is 52.7 Å². The van der Waals surface area contributed by atoms with Gasteiger partial charge < -0.3 is 14.0 Å². The molecule has 0 N–H and O–H groups in total. The summed E-state index contributed by atoms with van der Waals surface area (Å²) in [6, 6.07) is 20.1. The van der Waals surface area contributed by atoms with E-state index in [1.807, 2.05) is 41.0 Å². The number of para-hydroxylation sites is 1. The number of hydrogen-bond donors (Lipinski definition) is 0. The van der Waals surface area contributed by atoms with Crippen molar-refractivity contribution in [1.82, 2.24) is 9.55 Å². The number of aromatic nitrogens is 2. The highest BCUT2D eigenvalue weighted by molar-refractivity contribution is 9.10. The Morgan fingerprint density at radius 1 is 1.03 bits per heavy atom. The van der Waals surface area contributed by atoms with Crippen molar-refractivity contribution in [3.05, 3.63) is 110 Å². The fraction of sp³-hybridized carbons (Fsp3) is 0.192. The Balaban J connectivity index is 1.57. The Labute approximate surface area is 198 Å². The molecule has 33 heavy (non-hydrogen) atoms. The number of ketones is 1. The summed E-state index contributed by atoms with van der Waals surface area (Å²) < 4.78 is 14.0. The molecule has 0 amide bonds. The van der Waals surface area contributed by atoms with Crippen molar-refractivity contribution >= 4 is 32.6 Å². The van der Waals surface area contributed by atoms with Crippen LogP contribution < -0.4 is 5.43 Å². The number of rotatable bonds is 5. The van der Waals surface area contributed by atoms with Gasteiger partial charge in [-0.15, -0.1) is 0 Å². The van der Waals surface area contributed by atoms with Crippen LogP contribution in [-0.2, 0) is 16.0 Å². The van der Waals surface area contributed by atoms with Crippen LogP contribution >= 0.6 is 15.9 Å². The summed E-state index contributed by atoms with van der Waals surface area (Å²) in [5, 5.41) is 0.494. The van der Waals surface area contributed by atoms with E-state index in [4.69, 9.17) is 9.47 Å². The molecule has 5 rings (SSSR count). The summed E-state index contributed by atoms with van der Waals surface area (Å²) in [5.74, 6) is -0.334. The molecule has 1 aliphatic rings. The van der Waals surface area contributed by atoms with Crippen molar-refractivity contribution in [1.29, 1.82) is 0 Å². The van der Waals surface area contributed by atoms with Crippen molar-refractivity contribution in [2.24, 2.45) is 0 Å². The van der Waals surface area contributed by atoms with Gasteiger partial charge in [0.1, 0.15) is 4.60 Å². The van der Waals surface area contributed by atoms with Crippen LogP contribution in [-0.4, -0.2) is 28.5 Å². The second-order valence-corrected chi connectivity index (χ2v) is 8.66. The van der Waals surface area contributed by atoms with Crippen molar-refractivity contribution in [2.45, 2.75) is 19.3 Å². The fourth-order valence-electron chi connectivity index (χ4n) is 4.01. The Bertz CT molecular complexity index is 1390. The van der Waals surface area contributed by atoms with Gasteiger partial charge in [0.2, 0.25) is 5.43 Å². The number of nitrogens with zero attached hydrogens (tertiary/aromatic N) is 2. The van der Waals surface area contributed by atoms with E-state index in [1.54, 1.807) is 36.5 Å². The van der Waals surface area contributed by atoms with E-state index in [0.29, 0.717) is 30.7 Å². The highest BCUT2D eigenvalue weighted by Gasteiger charge is 2.21. The van der Waals surface area contributed by atoms with Gasteiger partial charge in [-0.2, -0.15) is 0 Å². The molecule has 0 aliphatic carbocycles. The lowest BCUT2D eigenvalue weighted by Crippen LogP contribution is -2.21. The first-order valence-electron chi connectivity index (χ1n) is 10.7. The third-order valence-electron chi connectivity index (χ3n) is 5.59. The third kappa shape index (κ3) is 4.53. The van der Waals surface area contributed by atoms with Crippen LogP contribution in [0.1, 0.15) is 39.9 Å². The van der Waals surface area contributed by atoms with Gasteiger partial charge in [-0.25, -0.2) is 4.98 Å². The highest BCUT2D eigenvalue weighted by Crippen LogP contribution is 2.24. The molecule has 1 fully saturated rings. The lowest BCUT2D eigenvalue weighted by atomic mass is 10.00. The summed E-state index contributed by atoms with van der Waals surface area (Å²) >= 11 is 3.40. The van der Waals surface area contributed by atoms with E-state index >= 15 is 0 Å². The zero-order valence-electron chi connectivity index (χ0n) is 17.7. The van der Waals surface area contributed by atoms with E-state index in [9.17, 15) is 9.59 Å². The molecule has 0 spiro atoms. The van der Waals surface area contributed by atoms with Crippen LogP contribution in [0.15, 0.2) is 82.3 Å². The van der Waals surface area contributed by atoms with Crippen LogP contribution in [0, 0.1) is 0 Å². The Hall–Kier alpha value is -3.13. The zero-order chi connectivity index (χ0) is 22.8. The predicted molar refractivity (Wildman–Crippen MR) is 128 cm³/mol. The van der Waals surface area contributed by atoms with Gasteiger partial charge in [0.15, 0.2) is 12.1 Å². The normalized spacial score (nSPS) is 14.5. The number of carbonyl (C=O) groups is 1. The fourth-order valence-corrected chi connectivity index (χ4v) is 4.39. The van der Waals surface area contributed by atoms with Crippen LogP contribution in [0.25, 0.3) is 10.9 Å². The standard InChI is InChI=1S/C26H21BrN2O4/c27-23-11-4-8-19(28-23)15-29-16-21(25(31)20-9-1-2-10-22(20)29)24(30)17-6-3-7-18(14-17)26-32-12-5-13-33-26/h1-4,6-11,14,16,26H,5,12-13,15H2. The molecule has 0 radical (unpaired) electrons. The summed E-state index contributed by atoms with van der Waals surface area (Å²) in [5.41, 5.74) is 2.57. The molecular formula is C26H21BrN2O4. The molecule has 1 saturated heterocycles. The molecule has 166 valence electrons. The average molecular weight is 505 g/mol. The van der Waals surface area contributed by atoms with Crippen molar-refractivity contribution < 1.29 is 14.3 Å². The minimum absolute atomic E-state index is 0.117. The average Bonchev–Trinajstić information content (AvgIpc) is 2.86. The largest absolute Gasteiger partial charge is 0.348 e. The minimum atomic E-state index is -0.498. The molecule has 0 atom stereocenters. The van der Waals surface area contributed by atoms with Crippen LogP contribution in [0.3, 0.4) is 0 Å². The first kappa shape index (κ1) is 21.7. The van der Waals surface area contributed by atoms with E-state index < -0.39 is 6.29 Å². The van der Waals surface area contributed by atoms with Crippen LogP contribution in [0.4, 0.5) is 0 Å². The Morgan fingerprint density at radius 3 is 2.64 bits per heavy atom. The highest BCUT2D eigenvalue weighted by atomic mass is 79.9. The maximum absolute atomic E-state index is 13.5. The number of pyridine rings is 2. The number of benzene rings is 2. The molecule has 0 saturated carbocycles. The summed E-state index contributed by atoms with van der Waals surface area (Å²) in [6.07, 6.45) is 1.98. The van der Waals surface area contributed by atoms with E-state index in [2.05, 4.69) is 20.9 Å². The van der Waals surface area contributed by atoms with Gasteiger partial charge in [0.25, 0.3) is 0 Å². The van der Waals surface area contributed by atoms with Crippen molar-refractivity contribution in [3.63, 3.8) is 0 Å². The van der Waals surface area contributed by atoms with E-state index in [0.717, 1.165) is 27.8 Å². The topological polar surface area (TPSA) is 70.4 Å². The first-order chi connectivity index (χ1) is 16.1. The molecule has 6 nitrogen and oxygen atoms in total. The van der Waals surface area contributed by atoms with Gasteiger partial charge >= 0.3 is 0 Å². The SMILES string of the molecule is O=C(c1cccc(C2OCCCO2)c1)c1cn(Cc2cccc(Br)n2)c2ccccc2c1=O. The predicted octanol–water partition coefficient (Wildman–Crippen LogP) is 4.87. The number of halogens is 1. The molecule has 2 aromatic heterocycles. The molecule has 7 heteroatoms. The van der Waals surface area contributed by atoms with Crippen LogP contribution in [0.5, 0.6) is 0 Å². The third-order valence-corrected chi connectivity index (χ3v) is 6.03. The molecule has 3 heterocycles. The van der Waals surface area contributed by atoms with E-state index in [1.165, 1.54) is 0 Å². The molecule has 0 unspecified atom stereocenters. The molecule has 0 bridgehead atoms. The number of ether oxygens (including phenoxy) is 2. The smallest absolute Gasteiger partial charge is 0.200 e. The van der Waals surface area contributed by atoms with Gasteiger partial charge in [0.05, 0.1) is 36.5 Å². The second-order valence-electron chi connectivity index (χ2n) is 7.85. The summed E-state index contributed by atoms with van der Waals surface area (Å²) in [6.45, 7) is 1.65. The van der Waals surface area contributed by atoms with Crippen LogP contribution in [0.2, 0.25) is 0 Å². The van der Waals surface area contributed by atoms with Gasteiger partial charge in [0, 0.05) is 22.7 Å². The van der Waals surface area contributed by atoms with Crippen molar-refractivity contribution in [2.75, 3.05) is 13.2 Å². The molecule has 4 aromatic rings. The maximum Gasteiger partial charge on any atom is 0.200 e. The first-order valence-corrected chi connectivity index (χ1v) is 11.5. The van der Waals surface area contributed by atoms with Crippen molar-refractivity contribution in [3.8, 4) is 0 Å². The lowest BCUT2D eigenvalue weighted by molar-refractivity contribution is -0.183. The summed E-state index contributed by atoms with van der Waals surface area (Å²) in [7, 11) is 0. The van der Waals surface area contributed by atoms with Gasteiger partial charge in [-0.1, -0.05) is 36.4 Å². The minimum Gasteiger partial charge on any atom is -0.348 e. The maximum atomic E-state index is 13.5. The lowest BCUT2D eigenvalue weighted by Gasteiger charge is -2.23. The second kappa shape index (κ2) is 9.39. The monoisotopic (exact) mass is 504 g/mol. The number of fused-ring (bicyclic) bond motifs is 1. The number of carbonyl (C=O) groups excluding carboxylic acids is 1. The van der Waals surface area contributed by atoms with E-state index in [-0.39, 0.29) is 16.8 Å². The molecule has 1 aliphatic heterocycles. The van der Waals surface area contributed by atoms with Gasteiger partial charge in [-0.3, -0.25) is 9.59 Å². The molecule has 2 aromatic carbocycles. The Morgan fingerprint density at radius 2 is 1.82 bits per heavy atom.